The molecule has 0 spiro atoms. The largest absolute Gasteiger partial charge is 0.497 e. The van der Waals surface area contributed by atoms with Crippen LogP contribution >= 0.6 is 0 Å². The van der Waals surface area contributed by atoms with Crippen LogP contribution in [0.25, 0.3) is 0 Å². The Hall–Kier alpha value is -2.58. The van der Waals surface area contributed by atoms with Crippen LogP contribution in [-0.2, 0) is 14.8 Å². The SMILES string of the molecule is COC(=O)c1cccc(S(=O)(=O)NCCOc2ccc(OC)cc2)c1. The number of hydrogen-bond donors (Lipinski definition) is 1. The fourth-order valence-corrected chi connectivity index (χ4v) is 3.07. The fourth-order valence-electron chi connectivity index (χ4n) is 2.01. The number of rotatable bonds is 8. The van der Waals surface area contributed by atoms with Crippen molar-refractivity contribution in [2.75, 3.05) is 27.4 Å². The van der Waals surface area contributed by atoms with E-state index < -0.39 is 16.0 Å². The third-order valence-corrected chi connectivity index (χ3v) is 4.75. The molecule has 7 nitrogen and oxygen atoms in total. The summed E-state index contributed by atoms with van der Waals surface area (Å²) in [5, 5.41) is 0. The van der Waals surface area contributed by atoms with Crippen LogP contribution in [0.4, 0.5) is 0 Å². The summed E-state index contributed by atoms with van der Waals surface area (Å²) in [5.74, 6) is 0.714. The lowest BCUT2D eigenvalue weighted by Gasteiger charge is -2.09. The van der Waals surface area contributed by atoms with E-state index in [0.29, 0.717) is 11.5 Å². The molecule has 0 saturated carbocycles. The zero-order valence-corrected chi connectivity index (χ0v) is 14.7. The quantitative estimate of drug-likeness (QED) is 0.567. The number of carbonyl (C=O) groups is 1. The molecule has 0 fully saturated rings. The van der Waals surface area contributed by atoms with Crippen LogP contribution in [0.3, 0.4) is 0 Å². The van der Waals surface area contributed by atoms with Crippen molar-refractivity contribution in [1.29, 1.82) is 0 Å². The molecule has 1 N–H and O–H groups in total. The van der Waals surface area contributed by atoms with E-state index in [4.69, 9.17) is 9.47 Å². The van der Waals surface area contributed by atoms with E-state index in [2.05, 4.69) is 9.46 Å². The average molecular weight is 365 g/mol. The van der Waals surface area contributed by atoms with E-state index in [1.54, 1.807) is 31.4 Å². The number of benzene rings is 2. The van der Waals surface area contributed by atoms with Gasteiger partial charge < -0.3 is 14.2 Å². The predicted octanol–water partition coefficient (Wildman–Crippen LogP) is 1.84. The average Bonchev–Trinajstić information content (AvgIpc) is 2.65. The summed E-state index contributed by atoms with van der Waals surface area (Å²) in [6.07, 6.45) is 0. The molecule has 25 heavy (non-hydrogen) atoms. The maximum Gasteiger partial charge on any atom is 0.337 e. The Balaban J connectivity index is 1.91. The summed E-state index contributed by atoms with van der Waals surface area (Å²) in [6, 6.07) is 12.6. The Labute approximate surface area is 146 Å². The molecule has 0 aliphatic rings. The molecule has 8 heteroatoms. The van der Waals surface area contributed by atoms with Crippen molar-refractivity contribution in [3.63, 3.8) is 0 Å². The molecule has 0 aromatic heterocycles. The van der Waals surface area contributed by atoms with E-state index in [-0.39, 0.29) is 23.6 Å². The van der Waals surface area contributed by atoms with Gasteiger partial charge in [0.1, 0.15) is 18.1 Å². The summed E-state index contributed by atoms with van der Waals surface area (Å²) in [6.45, 7) is 0.235. The van der Waals surface area contributed by atoms with E-state index in [9.17, 15) is 13.2 Å². The van der Waals surface area contributed by atoms with Gasteiger partial charge in [-0.25, -0.2) is 17.9 Å². The number of esters is 1. The van der Waals surface area contributed by atoms with Crippen molar-refractivity contribution in [1.82, 2.24) is 4.72 Å². The van der Waals surface area contributed by atoms with Crippen LogP contribution in [0.5, 0.6) is 11.5 Å². The number of hydrogen-bond acceptors (Lipinski definition) is 6. The second-order valence-electron chi connectivity index (χ2n) is 4.94. The molecule has 0 amide bonds. The molecule has 0 heterocycles. The van der Waals surface area contributed by atoms with E-state index in [1.165, 1.54) is 31.4 Å². The van der Waals surface area contributed by atoms with Crippen molar-refractivity contribution in [2.45, 2.75) is 4.90 Å². The summed E-state index contributed by atoms with van der Waals surface area (Å²) < 4.78 is 42.0. The van der Waals surface area contributed by atoms with Gasteiger partial charge in [-0.1, -0.05) is 6.07 Å². The summed E-state index contributed by atoms with van der Waals surface area (Å²) >= 11 is 0. The second-order valence-corrected chi connectivity index (χ2v) is 6.71. The Bertz CT molecular complexity index is 817. The van der Waals surface area contributed by atoms with Gasteiger partial charge in [0.15, 0.2) is 0 Å². The molecule has 0 atom stereocenters. The topological polar surface area (TPSA) is 90.9 Å². The van der Waals surface area contributed by atoms with Crippen LogP contribution in [-0.4, -0.2) is 41.8 Å². The van der Waals surface area contributed by atoms with Crippen LogP contribution in [0.15, 0.2) is 53.4 Å². The van der Waals surface area contributed by atoms with E-state index in [1.807, 2.05) is 0 Å². The highest BCUT2D eigenvalue weighted by Gasteiger charge is 2.16. The lowest BCUT2D eigenvalue weighted by Crippen LogP contribution is -2.28. The molecule has 0 radical (unpaired) electrons. The lowest BCUT2D eigenvalue weighted by atomic mass is 10.2. The molecular weight excluding hydrogens is 346 g/mol. The van der Waals surface area contributed by atoms with Gasteiger partial charge in [0.05, 0.1) is 24.7 Å². The molecule has 2 aromatic carbocycles. The van der Waals surface area contributed by atoms with Crippen LogP contribution < -0.4 is 14.2 Å². The van der Waals surface area contributed by atoms with E-state index in [0.717, 1.165) is 0 Å². The molecule has 0 aliphatic carbocycles. The Morgan fingerprint density at radius 1 is 1.04 bits per heavy atom. The van der Waals surface area contributed by atoms with Crippen LogP contribution in [0, 0.1) is 0 Å². The van der Waals surface area contributed by atoms with Crippen molar-refractivity contribution >= 4 is 16.0 Å². The first-order valence-electron chi connectivity index (χ1n) is 7.41. The zero-order valence-electron chi connectivity index (χ0n) is 13.9. The standard InChI is InChI=1S/C17H19NO6S/c1-22-14-6-8-15(9-7-14)24-11-10-18-25(20,21)16-5-3-4-13(12-16)17(19)23-2/h3-9,12,18H,10-11H2,1-2H3. The molecule has 2 aromatic rings. The Morgan fingerprint density at radius 3 is 2.36 bits per heavy atom. The van der Waals surface area contributed by atoms with Crippen molar-refractivity contribution in [3.8, 4) is 11.5 Å². The molecule has 134 valence electrons. The highest BCUT2D eigenvalue weighted by atomic mass is 32.2. The number of methoxy groups -OCH3 is 2. The third-order valence-electron chi connectivity index (χ3n) is 3.29. The maximum atomic E-state index is 12.3. The van der Waals surface area contributed by atoms with Gasteiger partial charge in [-0.2, -0.15) is 0 Å². The minimum atomic E-state index is -3.75. The number of nitrogens with one attached hydrogen (secondary N) is 1. The van der Waals surface area contributed by atoms with Crippen molar-refractivity contribution in [3.05, 3.63) is 54.1 Å². The van der Waals surface area contributed by atoms with Crippen LogP contribution in [0.1, 0.15) is 10.4 Å². The van der Waals surface area contributed by atoms with Gasteiger partial charge in [-0.15, -0.1) is 0 Å². The first-order chi connectivity index (χ1) is 12.0. The van der Waals surface area contributed by atoms with Gasteiger partial charge in [0, 0.05) is 6.54 Å². The highest BCUT2D eigenvalue weighted by Crippen LogP contribution is 2.17. The minimum Gasteiger partial charge on any atom is -0.497 e. The van der Waals surface area contributed by atoms with Gasteiger partial charge in [0.2, 0.25) is 10.0 Å². The van der Waals surface area contributed by atoms with Gasteiger partial charge in [0.25, 0.3) is 0 Å². The Morgan fingerprint density at radius 2 is 1.72 bits per heavy atom. The van der Waals surface area contributed by atoms with Gasteiger partial charge in [-0.3, -0.25) is 0 Å². The zero-order chi connectivity index (χ0) is 18.3. The van der Waals surface area contributed by atoms with Gasteiger partial charge in [-0.05, 0) is 42.5 Å². The van der Waals surface area contributed by atoms with Crippen LogP contribution in [0.2, 0.25) is 0 Å². The molecule has 0 unspecified atom stereocenters. The third kappa shape index (κ3) is 5.20. The summed E-state index contributed by atoms with van der Waals surface area (Å²) in [5.41, 5.74) is 0.167. The summed E-state index contributed by atoms with van der Waals surface area (Å²) in [7, 11) is -0.944. The molecule has 0 saturated heterocycles. The number of sulfonamides is 1. The van der Waals surface area contributed by atoms with E-state index >= 15 is 0 Å². The van der Waals surface area contributed by atoms with Crippen molar-refractivity contribution in [2.24, 2.45) is 0 Å². The molecule has 2 rings (SSSR count). The molecule has 0 aliphatic heterocycles. The number of carbonyl (C=O) groups excluding carboxylic acids is 1. The van der Waals surface area contributed by atoms with Crippen molar-refractivity contribution < 1.29 is 27.4 Å². The molecular formula is C17H19NO6S. The monoisotopic (exact) mass is 365 g/mol. The fraction of sp³-hybridized carbons (Fsp3) is 0.235. The lowest BCUT2D eigenvalue weighted by molar-refractivity contribution is 0.0600. The number of ether oxygens (including phenoxy) is 3. The normalized spacial score (nSPS) is 11.0. The smallest absolute Gasteiger partial charge is 0.337 e. The first-order valence-corrected chi connectivity index (χ1v) is 8.89. The summed E-state index contributed by atoms with van der Waals surface area (Å²) in [4.78, 5) is 11.5. The molecule has 0 bridgehead atoms. The maximum absolute atomic E-state index is 12.3. The highest BCUT2D eigenvalue weighted by molar-refractivity contribution is 7.89. The second kappa shape index (κ2) is 8.50. The predicted molar refractivity (Wildman–Crippen MR) is 91.5 cm³/mol. The first kappa shape index (κ1) is 18.8. The Kier molecular flexibility index (Phi) is 6.37. The van der Waals surface area contributed by atoms with Gasteiger partial charge >= 0.3 is 5.97 Å². The minimum absolute atomic E-state index is 0.0140.